The molecule has 0 bridgehead atoms. The number of aryl methyl sites for hydroxylation is 2. The van der Waals surface area contributed by atoms with Crippen LogP contribution in [0.3, 0.4) is 0 Å². The van der Waals surface area contributed by atoms with Gasteiger partial charge in [-0.15, -0.1) is 0 Å². The number of ether oxygens (including phenoxy) is 1. The number of benzene rings is 1. The molecule has 2 rings (SSSR count). The molecule has 1 aromatic carbocycles. The number of halogens is 1. The molecule has 1 aromatic heterocycles. The van der Waals surface area contributed by atoms with Gasteiger partial charge in [0.1, 0.15) is 5.75 Å². The lowest BCUT2D eigenvalue weighted by Crippen LogP contribution is -2.17. The summed E-state index contributed by atoms with van der Waals surface area (Å²) in [5.41, 5.74) is 10.5. The van der Waals surface area contributed by atoms with Crippen molar-refractivity contribution in [2.45, 2.75) is 32.7 Å². The standard InChI is InChI=1S/C16H20BrN3O/c1-4-15-12(7-10(2)19-20-15)14(18)9-11-5-6-16(21-3)13(17)8-11/h5-8,14H,4,9,18H2,1-3H3. The van der Waals surface area contributed by atoms with Crippen LogP contribution in [0.15, 0.2) is 28.7 Å². The summed E-state index contributed by atoms with van der Waals surface area (Å²) in [7, 11) is 1.66. The summed E-state index contributed by atoms with van der Waals surface area (Å²) in [5, 5.41) is 8.35. The Morgan fingerprint density at radius 3 is 2.67 bits per heavy atom. The first kappa shape index (κ1) is 15.9. The molecule has 5 heteroatoms. The summed E-state index contributed by atoms with van der Waals surface area (Å²) in [6.07, 6.45) is 1.59. The lowest BCUT2D eigenvalue weighted by atomic mass is 9.97. The van der Waals surface area contributed by atoms with Crippen molar-refractivity contribution in [2.24, 2.45) is 5.73 Å². The summed E-state index contributed by atoms with van der Waals surface area (Å²) < 4.78 is 6.18. The van der Waals surface area contributed by atoms with Crippen LogP contribution in [0.1, 0.15) is 35.5 Å². The van der Waals surface area contributed by atoms with Gasteiger partial charge in [-0.05, 0) is 65.0 Å². The van der Waals surface area contributed by atoms with Crippen LogP contribution in [-0.2, 0) is 12.8 Å². The molecular formula is C16H20BrN3O. The molecule has 1 unspecified atom stereocenters. The van der Waals surface area contributed by atoms with Gasteiger partial charge in [-0.2, -0.15) is 10.2 Å². The van der Waals surface area contributed by atoms with Gasteiger partial charge < -0.3 is 10.5 Å². The van der Waals surface area contributed by atoms with Gasteiger partial charge in [-0.25, -0.2) is 0 Å². The third-order valence-corrected chi connectivity index (χ3v) is 4.05. The quantitative estimate of drug-likeness (QED) is 0.898. The molecule has 2 aromatic rings. The number of aromatic nitrogens is 2. The molecule has 0 saturated carbocycles. The van der Waals surface area contributed by atoms with Crippen molar-refractivity contribution in [1.82, 2.24) is 10.2 Å². The molecule has 0 amide bonds. The van der Waals surface area contributed by atoms with Gasteiger partial charge in [0.05, 0.1) is 23.0 Å². The van der Waals surface area contributed by atoms with Gasteiger partial charge >= 0.3 is 0 Å². The van der Waals surface area contributed by atoms with E-state index >= 15 is 0 Å². The molecule has 0 radical (unpaired) electrons. The third kappa shape index (κ3) is 3.80. The second-order valence-corrected chi connectivity index (χ2v) is 5.88. The molecule has 0 saturated heterocycles. The normalized spacial score (nSPS) is 12.2. The third-order valence-electron chi connectivity index (χ3n) is 3.43. The van der Waals surface area contributed by atoms with Gasteiger partial charge in [0.25, 0.3) is 0 Å². The molecule has 4 nitrogen and oxygen atoms in total. The average Bonchev–Trinajstić information content (AvgIpc) is 2.47. The van der Waals surface area contributed by atoms with Gasteiger partial charge in [0.15, 0.2) is 0 Å². The van der Waals surface area contributed by atoms with E-state index in [1.165, 1.54) is 0 Å². The van der Waals surface area contributed by atoms with E-state index in [1.807, 2.05) is 31.2 Å². The monoisotopic (exact) mass is 349 g/mol. The molecule has 0 aliphatic heterocycles. The van der Waals surface area contributed by atoms with Crippen LogP contribution >= 0.6 is 15.9 Å². The van der Waals surface area contributed by atoms with Crippen molar-refractivity contribution >= 4 is 15.9 Å². The van der Waals surface area contributed by atoms with Crippen molar-refractivity contribution in [1.29, 1.82) is 0 Å². The van der Waals surface area contributed by atoms with E-state index < -0.39 is 0 Å². The van der Waals surface area contributed by atoms with Crippen LogP contribution in [-0.4, -0.2) is 17.3 Å². The minimum Gasteiger partial charge on any atom is -0.496 e. The van der Waals surface area contributed by atoms with Crippen molar-refractivity contribution in [3.63, 3.8) is 0 Å². The predicted molar refractivity (Wildman–Crippen MR) is 87.5 cm³/mol. The smallest absolute Gasteiger partial charge is 0.133 e. The Balaban J connectivity index is 2.23. The number of methoxy groups -OCH3 is 1. The summed E-state index contributed by atoms with van der Waals surface area (Å²) in [6, 6.07) is 7.98. The highest BCUT2D eigenvalue weighted by molar-refractivity contribution is 9.10. The number of nitrogens with two attached hydrogens (primary N) is 1. The maximum absolute atomic E-state index is 6.38. The van der Waals surface area contributed by atoms with Crippen molar-refractivity contribution in [3.8, 4) is 5.75 Å². The van der Waals surface area contributed by atoms with Gasteiger partial charge in [0.2, 0.25) is 0 Å². The van der Waals surface area contributed by atoms with Gasteiger partial charge in [-0.1, -0.05) is 13.0 Å². The number of nitrogens with zero attached hydrogens (tertiary/aromatic N) is 2. The molecule has 112 valence electrons. The maximum Gasteiger partial charge on any atom is 0.133 e. The summed E-state index contributed by atoms with van der Waals surface area (Å²) in [6.45, 7) is 4.01. The minimum atomic E-state index is -0.0885. The topological polar surface area (TPSA) is 61.0 Å². The predicted octanol–water partition coefficient (Wildman–Crippen LogP) is 3.36. The lowest BCUT2D eigenvalue weighted by Gasteiger charge is -2.16. The zero-order chi connectivity index (χ0) is 15.4. The first-order valence-electron chi connectivity index (χ1n) is 6.96. The summed E-state index contributed by atoms with van der Waals surface area (Å²) >= 11 is 3.51. The molecule has 21 heavy (non-hydrogen) atoms. The summed E-state index contributed by atoms with van der Waals surface area (Å²) in [5.74, 6) is 0.822. The van der Waals surface area contributed by atoms with Crippen molar-refractivity contribution < 1.29 is 4.74 Å². The van der Waals surface area contributed by atoms with Crippen LogP contribution in [0.25, 0.3) is 0 Å². The van der Waals surface area contributed by atoms with E-state index in [4.69, 9.17) is 10.5 Å². The van der Waals surface area contributed by atoms with Crippen molar-refractivity contribution in [3.05, 3.63) is 51.3 Å². The first-order valence-corrected chi connectivity index (χ1v) is 7.75. The van der Waals surface area contributed by atoms with Crippen LogP contribution in [0.4, 0.5) is 0 Å². The molecule has 0 fully saturated rings. The Morgan fingerprint density at radius 2 is 2.05 bits per heavy atom. The highest BCUT2D eigenvalue weighted by Gasteiger charge is 2.14. The van der Waals surface area contributed by atoms with Crippen LogP contribution in [0, 0.1) is 6.92 Å². The van der Waals surface area contributed by atoms with Crippen LogP contribution in [0.2, 0.25) is 0 Å². The highest BCUT2D eigenvalue weighted by atomic mass is 79.9. The molecule has 0 aliphatic carbocycles. The zero-order valence-corrected chi connectivity index (χ0v) is 14.1. The fourth-order valence-corrected chi connectivity index (χ4v) is 2.92. The second-order valence-electron chi connectivity index (χ2n) is 5.02. The van der Waals surface area contributed by atoms with Gasteiger partial charge in [0, 0.05) is 6.04 Å². The Hall–Kier alpha value is -1.46. The molecule has 0 spiro atoms. The maximum atomic E-state index is 6.38. The molecule has 0 aliphatic rings. The van der Waals surface area contributed by atoms with E-state index in [1.54, 1.807) is 7.11 Å². The Morgan fingerprint density at radius 1 is 1.29 bits per heavy atom. The fraction of sp³-hybridized carbons (Fsp3) is 0.375. The first-order chi connectivity index (χ1) is 10.0. The van der Waals surface area contributed by atoms with Gasteiger partial charge in [-0.3, -0.25) is 0 Å². The molecule has 1 heterocycles. The van der Waals surface area contributed by atoms with Crippen molar-refractivity contribution in [2.75, 3.05) is 7.11 Å². The summed E-state index contributed by atoms with van der Waals surface area (Å²) in [4.78, 5) is 0. The number of hydrogen-bond acceptors (Lipinski definition) is 4. The Labute approximate surface area is 133 Å². The Kier molecular flexibility index (Phi) is 5.31. The van der Waals surface area contributed by atoms with E-state index in [-0.39, 0.29) is 6.04 Å². The van der Waals surface area contributed by atoms with E-state index in [0.29, 0.717) is 0 Å². The molecule has 1 atom stereocenters. The zero-order valence-electron chi connectivity index (χ0n) is 12.6. The number of hydrogen-bond donors (Lipinski definition) is 1. The van der Waals surface area contributed by atoms with E-state index in [9.17, 15) is 0 Å². The molecule has 2 N–H and O–H groups in total. The second kappa shape index (κ2) is 7.00. The fourth-order valence-electron chi connectivity index (χ4n) is 2.33. The lowest BCUT2D eigenvalue weighted by molar-refractivity contribution is 0.412. The highest BCUT2D eigenvalue weighted by Crippen LogP contribution is 2.27. The number of rotatable bonds is 5. The Bertz CT molecular complexity index is 631. The largest absolute Gasteiger partial charge is 0.496 e. The average molecular weight is 350 g/mol. The van der Waals surface area contributed by atoms with Crippen LogP contribution in [0.5, 0.6) is 5.75 Å². The van der Waals surface area contributed by atoms with Crippen LogP contribution < -0.4 is 10.5 Å². The minimum absolute atomic E-state index is 0.0885. The SMILES string of the molecule is CCc1nnc(C)cc1C(N)Cc1ccc(OC)c(Br)c1. The van der Waals surface area contributed by atoms with E-state index in [2.05, 4.69) is 33.1 Å². The van der Waals surface area contributed by atoms with E-state index in [0.717, 1.165) is 45.6 Å². The molecular weight excluding hydrogens is 330 g/mol.